The molecule has 2 atom stereocenters. The molecule has 2 unspecified atom stereocenters. The fourth-order valence-electron chi connectivity index (χ4n) is 1.71. The molecule has 0 aliphatic heterocycles. The molecule has 21 heavy (non-hydrogen) atoms. The third kappa shape index (κ3) is 4.77. The summed E-state index contributed by atoms with van der Waals surface area (Å²) in [7, 11) is 0. The summed E-state index contributed by atoms with van der Waals surface area (Å²) in [4.78, 5) is 23.1. The molecule has 0 aliphatic rings. The summed E-state index contributed by atoms with van der Waals surface area (Å²) >= 11 is 0. The molecule has 116 valence electrons. The lowest BCUT2D eigenvalue weighted by molar-refractivity contribution is -0.127. The van der Waals surface area contributed by atoms with Crippen molar-refractivity contribution in [1.29, 1.82) is 0 Å². The second-order valence-corrected chi connectivity index (χ2v) is 4.80. The molecule has 0 bridgehead atoms. The molecule has 5 nitrogen and oxygen atoms in total. The van der Waals surface area contributed by atoms with Crippen LogP contribution < -0.4 is 14.8 Å². The van der Waals surface area contributed by atoms with Gasteiger partial charge < -0.3 is 14.8 Å². The lowest BCUT2D eigenvalue weighted by atomic mass is 10.2. The SMILES string of the molecule is CCOc1cccc(C=O)c1OC(C)C(=O)NC(C)CC. The first-order valence-corrected chi connectivity index (χ1v) is 7.21. The van der Waals surface area contributed by atoms with Gasteiger partial charge in [-0.15, -0.1) is 0 Å². The van der Waals surface area contributed by atoms with Crippen molar-refractivity contribution in [3.63, 3.8) is 0 Å². The summed E-state index contributed by atoms with van der Waals surface area (Å²) in [6, 6.07) is 5.14. The predicted octanol–water partition coefficient (Wildman–Crippen LogP) is 2.58. The molecule has 0 aromatic heterocycles. The Morgan fingerprint density at radius 1 is 1.33 bits per heavy atom. The second-order valence-electron chi connectivity index (χ2n) is 4.80. The van der Waals surface area contributed by atoms with Crippen LogP contribution in [0.1, 0.15) is 44.5 Å². The van der Waals surface area contributed by atoms with Crippen molar-refractivity contribution in [1.82, 2.24) is 5.32 Å². The van der Waals surface area contributed by atoms with Crippen molar-refractivity contribution in [3.8, 4) is 11.5 Å². The van der Waals surface area contributed by atoms with E-state index in [1.54, 1.807) is 25.1 Å². The number of hydrogen-bond acceptors (Lipinski definition) is 4. The Morgan fingerprint density at radius 3 is 2.62 bits per heavy atom. The maximum absolute atomic E-state index is 12.0. The van der Waals surface area contributed by atoms with Crippen LogP contribution in [0.3, 0.4) is 0 Å². The molecule has 0 saturated heterocycles. The van der Waals surface area contributed by atoms with Crippen LogP contribution in [0.5, 0.6) is 11.5 Å². The van der Waals surface area contributed by atoms with E-state index in [2.05, 4.69) is 5.32 Å². The second kappa shape index (κ2) is 8.29. The van der Waals surface area contributed by atoms with E-state index < -0.39 is 6.10 Å². The quantitative estimate of drug-likeness (QED) is 0.748. The molecule has 0 fully saturated rings. The largest absolute Gasteiger partial charge is 0.490 e. The predicted molar refractivity (Wildman–Crippen MR) is 81.0 cm³/mol. The number of nitrogens with one attached hydrogen (secondary N) is 1. The molecular formula is C16H23NO4. The third-order valence-corrected chi connectivity index (χ3v) is 3.10. The fraction of sp³-hybridized carbons (Fsp3) is 0.500. The molecule has 1 aromatic carbocycles. The van der Waals surface area contributed by atoms with Gasteiger partial charge in [-0.3, -0.25) is 9.59 Å². The monoisotopic (exact) mass is 293 g/mol. The number of para-hydroxylation sites is 1. The highest BCUT2D eigenvalue weighted by molar-refractivity contribution is 5.83. The molecule has 1 N–H and O–H groups in total. The Bertz CT molecular complexity index is 487. The van der Waals surface area contributed by atoms with E-state index in [1.807, 2.05) is 20.8 Å². The normalized spacial score (nSPS) is 13.1. The van der Waals surface area contributed by atoms with Crippen LogP contribution in [-0.4, -0.2) is 30.9 Å². The van der Waals surface area contributed by atoms with Gasteiger partial charge in [-0.05, 0) is 39.3 Å². The van der Waals surface area contributed by atoms with Crippen molar-refractivity contribution in [3.05, 3.63) is 23.8 Å². The van der Waals surface area contributed by atoms with Gasteiger partial charge in [0.05, 0.1) is 12.2 Å². The Labute approximate surface area is 125 Å². The van der Waals surface area contributed by atoms with Crippen LogP contribution in [0.4, 0.5) is 0 Å². The van der Waals surface area contributed by atoms with Crippen LogP contribution in [0.25, 0.3) is 0 Å². The lowest BCUT2D eigenvalue weighted by Crippen LogP contribution is -2.41. The average molecular weight is 293 g/mol. The van der Waals surface area contributed by atoms with Gasteiger partial charge in [-0.25, -0.2) is 0 Å². The van der Waals surface area contributed by atoms with Crippen LogP contribution in [0, 0.1) is 0 Å². The molecule has 5 heteroatoms. The number of carbonyl (C=O) groups excluding carboxylic acids is 2. The molecule has 1 amide bonds. The van der Waals surface area contributed by atoms with Crippen LogP contribution >= 0.6 is 0 Å². The lowest BCUT2D eigenvalue weighted by Gasteiger charge is -2.20. The van der Waals surface area contributed by atoms with E-state index in [9.17, 15) is 9.59 Å². The van der Waals surface area contributed by atoms with Gasteiger partial charge in [0.25, 0.3) is 5.91 Å². The van der Waals surface area contributed by atoms with Crippen molar-refractivity contribution in [2.75, 3.05) is 6.61 Å². The molecule has 1 rings (SSSR count). The van der Waals surface area contributed by atoms with E-state index in [-0.39, 0.29) is 11.9 Å². The van der Waals surface area contributed by atoms with Crippen molar-refractivity contribution in [2.24, 2.45) is 0 Å². The fourth-order valence-corrected chi connectivity index (χ4v) is 1.71. The molecular weight excluding hydrogens is 270 g/mol. The summed E-state index contributed by atoms with van der Waals surface area (Å²) in [5, 5.41) is 2.85. The molecule has 0 saturated carbocycles. The van der Waals surface area contributed by atoms with Gasteiger partial charge in [-0.1, -0.05) is 13.0 Å². The Balaban J connectivity index is 2.90. The number of amides is 1. The zero-order valence-corrected chi connectivity index (χ0v) is 13.0. The Kier molecular flexibility index (Phi) is 6.72. The van der Waals surface area contributed by atoms with Crippen LogP contribution in [0.15, 0.2) is 18.2 Å². The summed E-state index contributed by atoms with van der Waals surface area (Å²) in [6.07, 6.45) is 0.823. The average Bonchev–Trinajstić information content (AvgIpc) is 2.48. The summed E-state index contributed by atoms with van der Waals surface area (Å²) in [5.74, 6) is 0.555. The minimum Gasteiger partial charge on any atom is -0.490 e. The number of rotatable bonds is 8. The zero-order chi connectivity index (χ0) is 15.8. The van der Waals surface area contributed by atoms with Gasteiger partial charge in [0.1, 0.15) is 0 Å². The summed E-state index contributed by atoms with van der Waals surface area (Å²) in [5.41, 5.74) is 0.365. The molecule has 0 spiro atoms. The maximum atomic E-state index is 12.0. The summed E-state index contributed by atoms with van der Waals surface area (Å²) in [6.45, 7) is 7.86. The smallest absolute Gasteiger partial charge is 0.260 e. The van der Waals surface area contributed by atoms with Crippen molar-refractivity contribution < 1.29 is 19.1 Å². The van der Waals surface area contributed by atoms with Gasteiger partial charge in [-0.2, -0.15) is 0 Å². The highest BCUT2D eigenvalue weighted by Gasteiger charge is 2.20. The van der Waals surface area contributed by atoms with E-state index in [0.717, 1.165) is 6.42 Å². The van der Waals surface area contributed by atoms with Gasteiger partial charge in [0, 0.05) is 6.04 Å². The highest BCUT2D eigenvalue weighted by Crippen LogP contribution is 2.31. The van der Waals surface area contributed by atoms with E-state index >= 15 is 0 Å². The molecule has 0 heterocycles. The zero-order valence-electron chi connectivity index (χ0n) is 13.0. The van der Waals surface area contributed by atoms with E-state index in [1.165, 1.54) is 0 Å². The van der Waals surface area contributed by atoms with Gasteiger partial charge in [0.15, 0.2) is 23.9 Å². The highest BCUT2D eigenvalue weighted by atomic mass is 16.5. The van der Waals surface area contributed by atoms with E-state index in [0.29, 0.717) is 30.0 Å². The number of benzene rings is 1. The maximum Gasteiger partial charge on any atom is 0.260 e. The van der Waals surface area contributed by atoms with Crippen molar-refractivity contribution >= 4 is 12.2 Å². The number of carbonyl (C=O) groups is 2. The third-order valence-electron chi connectivity index (χ3n) is 3.10. The Hall–Kier alpha value is -2.04. The Morgan fingerprint density at radius 2 is 2.05 bits per heavy atom. The minimum absolute atomic E-state index is 0.0798. The van der Waals surface area contributed by atoms with Gasteiger partial charge >= 0.3 is 0 Å². The molecule has 0 radical (unpaired) electrons. The minimum atomic E-state index is -0.709. The standard InChI is InChI=1S/C16H23NO4/c1-5-11(3)17-16(19)12(4)21-15-13(10-18)8-7-9-14(15)20-6-2/h7-12H,5-6H2,1-4H3,(H,17,19). The first kappa shape index (κ1) is 17.0. The van der Waals surface area contributed by atoms with E-state index in [4.69, 9.17) is 9.47 Å². The summed E-state index contributed by atoms with van der Waals surface area (Å²) < 4.78 is 11.1. The van der Waals surface area contributed by atoms with Gasteiger partial charge in [0.2, 0.25) is 0 Å². The van der Waals surface area contributed by atoms with Crippen LogP contribution in [0.2, 0.25) is 0 Å². The van der Waals surface area contributed by atoms with Crippen LogP contribution in [-0.2, 0) is 4.79 Å². The number of ether oxygens (including phenoxy) is 2. The topological polar surface area (TPSA) is 64.6 Å². The first-order chi connectivity index (χ1) is 10.0. The number of hydrogen-bond donors (Lipinski definition) is 1. The molecule has 1 aromatic rings. The number of aldehydes is 1. The molecule has 0 aliphatic carbocycles. The van der Waals surface area contributed by atoms with Crippen molar-refractivity contribution in [2.45, 2.75) is 46.3 Å². The first-order valence-electron chi connectivity index (χ1n) is 7.21.